The smallest absolute Gasteiger partial charge is 0.220 e. The molecule has 0 spiro atoms. The zero-order valence-electron chi connectivity index (χ0n) is 12.1. The number of thioether (sulfide) groups is 1. The zero-order chi connectivity index (χ0) is 16.2. The summed E-state index contributed by atoms with van der Waals surface area (Å²) in [6.07, 6.45) is 1.72. The lowest BCUT2D eigenvalue weighted by Crippen LogP contribution is -2.09. The normalized spacial score (nSPS) is 12.2. The predicted molar refractivity (Wildman–Crippen MR) is 90.3 cm³/mol. The van der Waals surface area contributed by atoms with Gasteiger partial charge in [-0.1, -0.05) is 30.3 Å². The Morgan fingerprint density at radius 1 is 1.13 bits per heavy atom. The number of pyridine rings is 1. The van der Waals surface area contributed by atoms with E-state index < -0.39 is 0 Å². The Morgan fingerprint density at radius 2 is 1.87 bits per heavy atom. The van der Waals surface area contributed by atoms with Gasteiger partial charge < -0.3 is 5.11 Å². The maximum atomic E-state index is 11.0. The van der Waals surface area contributed by atoms with Crippen LogP contribution in [-0.2, 0) is 0 Å². The topological polar surface area (TPSA) is 76.3 Å². The molecule has 0 amide bonds. The third kappa shape index (κ3) is 3.60. The van der Waals surface area contributed by atoms with Crippen LogP contribution in [0.4, 0.5) is 0 Å². The molecule has 116 valence electrons. The van der Waals surface area contributed by atoms with E-state index >= 15 is 0 Å². The van der Waals surface area contributed by atoms with Crippen LogP contribution in [0, 0.1) is 10.1 Å². The Morgan fingerprint density at radius 3 is 2.61 bits per heavy atom. The van der Waals surface area contributed by atoms with E-state index in [1.54, 1.807) is 30.5 Å². The van der Waals surface area contributed by atoms with E-state index in [9.17, 15) is 15.2 Å². The molecular weight excluding hydrogens is 312 g/mol. The van der Waals surface area contributed by atoms with Crippen molar-refractivity contribution in [3.8, 4) is 5.75 Å². The standard InChI is InChI=1S/C17H14N2O3S/c20-14-8-6-12(7-9-14)16(11-19(21)22)23-15-5-1-3-13-4-2-10-18-17(13)15/h1-10,16,20H,11H2/t16-/m1/s1. The molecule has 6 heteroatoms. The lowest BCUT2D eigenvalue weighted by Gasteiger charge is -2.14. The number of aromatic hydroxyl groups is 1. The van der Waals surface area contributed by atoms with E-state index in [1.165, 1.54) is 11.8 Å². The summed E-state index contributed by atoms with van der Waals surface area (Å²) < 4.78 is 0. The van der Waals surface area contributed by atoms with Crippen LogP contribution in [0.1, 0.15) is 10.8 Å². The van der Waals surface area contributed by atoms with Crippen LogP contribution in [0.15, 0.2) is 65.7 Å². The third-order valence-electron chi connectivity index (χ3n) is 3.44. The number of hydrogen-bond donors (Lipinski definition) is 1. The molecule has 0 saturated heterocycles. The summed E-state index contributed by atoms with van der Waals surface area (Å²) in [6.45, 7) is -0.196. The van der Waals surface area contributed by atoms with Crippen LogP contribution >= 0.6 is 11.8 Å². The molecule has 0 radical (unpaired) electrons. The molecule has 0 aliphatic rings. The molecule has 0 unspecified atom stereocenters. The first-order valence-corrected chi connectivity index (χ1v) is 7.92. The second-order valence-electron chi connectivity index (χ2n) is 5.04. The monoisotopic (exact) mass is 326 g/mol. The molecule has 5 nitrogen and oxygen atoms in total. The predicted octanol–water partition coefficient (Wildman–Crippen LogP) is 4.05. The average Bonchev–Trinajstić information content (AvgIpc) is 2.55. The first kappa shape index (κ1) is 15.3. The van der Waals surface area contributed by atoms with E-state index in [0.29, 0.717) is 0 Å². The number of aromatic nitrogens is 1. The van der Waals surface area contributed by atoms with Gasteiger partial charge in [-0.25, -0.2) is 0 Å². The molecule has 1 heterocycles. The largest absolute Gasteiger partial charge is 0.508 e. The van der Waals surface area contributed by atoms with E-state index in [2.05, 4.69) is 4.98 Å². The summed E-state index contributed by atoms with van der Waals surface area (Å²) in [4.78, 5) is 16.0. The molecule has 23 heavy (non-hydrogen) atoms. The fraction of sp³-hybridized carbons (Fsp3) is 0.118. The quantitative estimate of drug-likeness (QED) is 0.435. The molecule has 3 aromatic rings. The number of phenolic OH excluding ortho intramolecular Hbond substituents is 1. The van der Waals surface area contributed by atoms with Gasteiger partial charge in [-0.05, 0) is 29.8 Å². The second kappa shape index (κ2) is 6.66. The highest BCUT2D eigenvalue weighted by Gasteiger charge is 2.20. The maximum absolute atomic E-state index is 11.0. The van der Waals surface area contributed by atoms with Gasteiger partial charge in [0.05, 0.1) is 10.8 Å². The maximum Gasteiger partial charge on any atom is 0.220 e. The summed E-state index contributed by atoms with van der Waals surface area (Å²) in [5.41, 5.74) is 1.64. The number of rotatable bonds is 5. The number of phenols is 1. The Hall–Kier alpha value is -2.60. The first-order chi connectivity index (χ1) is 11.1. The minimum Gasteiger partial charge on any atom is -0.508 e. The van der Waals surface area contributed by atoms with Crippen molar-refractivity contribution in [3.05, 3.63) is 76.5 Å². The molecule has 3 rings (SSSR count). The van der Waals surface area contributed by atoms with Crippen LogP contribution in [0.25, 0.3) is 10.9 Å². The van der Waals surface area contributed by atoms with E-state index in [-0.39, 0.29) is 22.5 Å². The number of fused-ring (bicyclic) bond motifs is 1. The lowest BCUT2D eigenvalue weighted by molar-refractivity contribution is -0.479. The first-order valence-electron chi connectivity index (χ1n) is 7.04. The van der Waals surface area contributed by atoms with Gasteiger partial charge in [0, 0.05) is 21.4 Å². The molecule has 0 saturated carbocycles. The molecule has 0 bridgehead atoms. The van der Waals surface area contributed by atoms with Crippen LogP contribution in [-0.4, -0.2) is 21.6 Å². The van der Waals surface area contributed by atoms with Crippen LogP contribution < -0.4 is 0 Å². The summed E-state index contributed by atoms with van der Waals surface area (Å²) in [5.74, 6) is 0.144. The van der Waals surface area contributed by atoms with Gasteiger partial charge in [-0.15, -0.1) is 11.8 Å². The molecule has 2 aromatic carbocycles. The third-order valence-corrected chi connectivity index (χ3v) is 4.73. The summed E-state index contributed by atoms with van der Waals surface area (Å²) in [5, 5.41) is 21.1. The highest BCUT2D eigenvalue weighted by molar-refractivity contribution is 7.99. The Labute approximate surface area is 137 Å². The van der Waals surface area contributed by atoms with Gasteiger partial charge in [0.25, 0.3) is 0 Å². The zero-order valence-corrected chi connectivity index (χ0v) is 12.9. The van der Waals surface area contributed by atoms with Crippen molar-refractivity contribution in [1.29, 1.82) is 0 Å². The van der Waals surface area contributed by atoms with Crippen molar-refractivity contribution in [3.63, 3.8) is 0 Å². The highest BCUT2D eigenvalue weighted by atomic mass is 32.2. The average molecular weight is 326 g/mol. The van der Waals surface area contributed by atoms with Gasteiger partial charge >= 0.3 is 0 Å². The molecule has 0 aliphatic carbocycles. The van der Waals surface area contributed by atoms with E-state index in [0.717, 1.165) is 21.4 Å². The van der Waals surface area contributed by atoms with E-state index in [1.807, 2.05) is 30.3 Å². The fourth-order valence-electron chi connectivity index (χ4n) is 2.36. The van der Waals surface area contributed by atoms with Crippen molar-refractivity contribution >= 4 is 22.7 Å². The lowest BCUT2D eigenvalue weighted by atomic mass is 10.1. The number of para-hydroxylation sites is 1. The van der Waals surface area contributed by atoms with E-state index in [4.69, 9.17) is 0 Å². The number of nitro groups is 1. The van der Waals surface area contributed by atoms with Gasteiger partial charge in [0.1, 0.15) is 5.75 Å². The minimum atomic E-state index is -0.349. The summed E-state index contributed by atoms with van der Waals surface area (Å²) in [6, 6.07) is 16.2. The van der Waals surface area contributed by atoms with Crippen molar-refractivity contribution in [2.45, 2.75) is 10.1 Å². The van der Waals surface area contributed by atoms with Crippen molar-refractivity contribution < 1.29 is 10.0 Å². The highest BCUT2D eigenvalue weighted by Crippen LogP contribution is 2.38. The number of benzene rings is 2. The van der Waals surface area contributed by atoms with Crippen LogP contribution in [0.2, 0.25) is 0 Å². The molecule has 1 N–H and O–H groups in total. The molecule has 0 fully saturated rings. The SMILES string of the molecule is O=[N+]([O-])C[C@@H](Sc1cccc2cccnc12)c1ccc(O)cc1. The number of hydrogen-bond acceptors (Lipinski definition) is 5. The van der Waals surface area contributed by atoms with Crippen LogP contribution in [0.5, 0.6) is 5.75 Å². The van der Waals surface area contributed by atoms with Gasteiger partial charge in [0.2, 0.25) is 6.54 Å². The minimum absolute atomic E-state index is 0.144. The summed E-state index contributed by atoms with van der Waals surface area (Å²) >= 11 is 1.42. The van der Waals surface area contributed by atoms with Gasteiger partial charge in [-0.2, -0.15) is 0 Å². The molecule has 0 aliphatic heterocycles. The number of nitrogens with zero attached hydrogens (tertiary/aromatic N) is 2. The molecular formula is C17H14N2O3S. The Kier molecular flexibility index (Phi) is 4.43. The van der Waals surface area contributed by atoms with Crippen molar-refractivity contribution in [1.82, 2.24) is 4.98 Å². The van der Waals surface area contributed by atoms with Gasteiger partial charge in [-0.3, -0.25) is 15.1 Å². The fourth-order valence-corrected chi connectivity index (χ4v) is 3.59. The van der Waals surface area contributed by atoms with Crippen molar-refractivity contribution in [2.24, 2.45) is 0 Å². The van der Waals surface area contributed by atoms with Gasteiger partial charge in [0.15, 0.2) is 0 Å². The molecule has 1 aromatic heterocycles. The second-order valence-corrected chi connectivity index (χ2v) is 6.29. The van der Waals surface area contributed by atoms with Crippen molar-refractivity contribution in [2.75, 3.05) is 6.54 Å². The van der Waals surface area contributed by atoms with Crippen LogP contribution in [0.3, 0.4) is 0 Å². The molecule has 1 atom stereocenters. The Balaban J connectivity index is 1.97. The summed E-state index contributed by atoms with van der Waals surface area (Å²) in [7, 11) is 0. The Bertz CT molecular complexity index is 831.